The molecule has 0 saturated heterocycles. The summed E-state index contributed by atoms with van der Waals surface area (Å²) in [7, 11) is 0. The lowest BCUT2D eigenvalue weighted by Gasteiger charge is -2.24. The summed E-state index contributed by atoms with van der Waals surface area (Å²) in [5, 5.41) is 2.82. The van der Waals surface area contributed by atoms with Crippen molar-refractivity contribution in [1.29, 1.82) is 0 Å². The molecule has 0 aliphatic carbocycles. The second-order valence-electron chi connectivity index (χ2n) is 5.19. The number of amides is 1. The van der Waals surface area contributed by atoms with Gasteiger partial charge in [0.2, 0.25) is 0 Å². The molecule has 0 bridgehead atoms. The first-order valence-electron chi connectivity index (χ1n) is 6.05. The van der Waals surface area contributed by atoms with Crippen LogP contribution in [-0.2, 0) is 4.79 Å². The van der Waals surface area contributed by atoms with Crippen molar-refractivity contribution in [2.45, 2.75) is 33.2 Å². The van der Waals surface area contributed by atoms with Crippen LogP contribution in [0.25, 0.3) is 0 Å². The van der Waals surface area contributed by atoms with E-state index in [1.807, 2.05) is 45.9 Å². The van der Waals surface area contributed by atoms with Gasteiger partial charge in [0.1, 0.15) is 5.75 Å². The van der Waals surface area contributed by atoms with E-state index in [2.05, 4.69) is 5.32 Å². The number of nitrogens with one attached hydrogen (secondary N) is 1. The topological polar surface area (TPSA) is 64.3 Å². The van der Waals surface area contributed by atoms with Crippen LogP contribution in [0, 0.1) is 13.8 Å². The average Bonchev–Trinajstić information content (AvgIpc) is 2.30. The highest BCUT2D eigenvalue weighted by molar-refractivity contribution is 5.85. The van der Waals surface area contributed by atoms with Crippen molar-refractivity contribution in [2.24, 2.45) is 5.73 Å². The van der Waals surface area contributed by atoms with Gasteiger partial charge in [0, 0.05) is 12.1 Å². The molecule has 0 fully saturated rings. The molecule has 0 heterocycles. The van der Waals surface area contributed by atoms with E-state index in [-0.39, 0.29) is 24.9 Å². The Labute approximate surface area is 121 Å². The molecule has 0 atom stereocenters. The minimum atomic E-state index is -0.401. The van der Waals surface area contributed by atoms with Crippen molar-refractivity contribution in [1.82, 2.24) is 5.32 Å². The van der Waals surface area contributed by atoms with Crippen molar-refractivity contribution in [2.75, 3.05) is 13.2 Å². The van der Waals surface area contributed by atoms with E-state index in [0.717, 1.165) is 16.9 Å². The van der Waals surface area contributed by atoms with Crippen LogP contribution in [0.5, 0.6) is 5.75 Å². The molecule has 19 heavy (non-hydrogen) atoms. The maximum Gasteiger partial charge on any atom is 0.258 e. The Morgan fingerprint density at radius 2 is 2.00 bits per heavy atom. The number of aryl methyl sites for hydroxylation is 2. The van der Waals surface area contributed by atoms with Gasteiger partial charge in [-0.3, -0.25) is 4.79 Å². The number of carbonyl (C=O) groups is 1. The normalized spacial score (nSPS) is 10.6. The van der Waals surface area contributed by atoms with Crippen molar-refractivity contribution in [3.05, 3.63) is 29.3 Å². The molecule has 1 rings (SSSR count). The Hall–Kier alpha value is -1.26. The number of rotatable bonds is 5. The second kappa shape index (κ2) is 7.36. The van der Waals surface area contributed by atoms with Gasteiger partial charge in [0.05, 0.1) is 0 Å². The van der Waals surface area contributed by atoms with Crippen molar-refractivity contribution >= 4 is 18.3 Å². The zero-order valence-corrected chi connectivity index (χ0v) is 12.8. The first-order chi connectivity index (χ1) is 8.34. The molecule has 0 aliphatic heterocycles. The van der Waals surface area contributed by atoms with E-state index in [9.17, 15) is 4.79 Å². The Bertz CT molecular complexity index is 433. The Balaban J connectivity index is 0.00000324. The van der Waals surface area contributed by atoms with Crippen molar-refractivity contribution in [3.8, 4) is 5.75 Å². The van der Waals surface area contributed by atoms with Gasteiger partial charge in [-0.1, -0.05) is 12.1 Å². The van der Waals surface area contributed by atoms with E-state index < -0.39 is 5.54 Å². The minimum absolute atomic E-state index is 0. The highest BCUT2D eigenvalue weighted by Gasteiger charge is 2.18. The minimum Gasteiger partial charge on any atom is -0.483 e. The predicted octanol–water partition coefficient (Wildman–Crippen LogP) is 1.96. The molecule has 0 aromatic heterocycles. The first kappa shape index (κ1) is 17.7. The quantitative estimate of drug-likeness (QED) is 0.870. The zero-order chi connectivity index (χ0) is 13.8. The van der Waals surface area contributed by atoms with Gasteiger partial charge in [-0.2, -0.15) is 0 Å². The summed E-state index contributed by atoms with van der Waals surface area (Å²) >= 11 is 0. The molecule has 4 nitrogen and oxygen atoms in total. The van der Waals surface area contributed by atoms with E-state index in [0.29, 0.717) is 6.54 Å². The van der Waals surface area contributed by atoms with Gasteiger partial charge in [0.25, 0.3) is 5.91 Å². The number of hydrogen-bond acceptors (Lipinski definition) is 3. The predicted molar refractivity (Wildman–Crippen MR) is 79.9 cm³/mol. The summed E-state index contributed by atoms with van der Waals surface area (Å²) < 4.78 is 5.52. The largest absolute Gasteiger partial charge is 0.483 e. The van der Waals surface area contributed by atoms with E-state index in [1.165, 1.54) is 0 Å². The summed E-state index contributed by atoms with van der Waals surface area (Å²) in [6, 6.07) is 5.92. The number of ether oxygens (including phenoxy) is 1. The Morgan fingerprint density at radius 1 is 1.37 bits per heavy atom. The average molecular weight is 287 g/mol. The molecule has 1 aromatic carbocycles. The molecular weight excluding hydrogens is 264 g/mol. The second-order valence-corrected chi connectivity index (χ2v) is 5.19. The van der Waals surface area contributed by atoms with Gasteiger partial charge in [0.15, 0.2) is 6.61 Å². The van der Waals surface area contributed by atoms with Crippen LogP contribution in [-0.4, -0.2) is 24.6 Å². The van der Waals surface area contributed by atoms with Crippen molar-refractivity contribution < 1.29 is 9.53 Å². The molecule has 3 N–H and O–H groups in total. The fourth-order valence-electron chi connectivity index (χ4n) is 1.47. The Morgan fingerprint density at radius 3 is 2.58 bits per heavy atom. The number of benzene rings is 1. The molecule has 0 radical (unpaired) electrons. The molecular formula is C14H23ClN2O2. The fraction of sp³-hybridized carbons (Fsp3) is 0.500. The molecule has 0 unspecified atom stereocenters. The van der Waals surface area contributed by atoms with Crippen LogP contribution in [0.15, 0.2) is 18.2 Å². The summed E-state index contributed by atoms with van der Waals surface area (Å²) in [6.45, 7) is 8.10. The summed E-state index contributed by atoms with van der Waals surface area (Å²) in [4.78, 5) is 11.7. The van der Waals surface area contributed by atoms with Crippen LogP contribution in [0.3, 0.4) is 0 Å². The van der Waals surface area contributed by atoms with Crippen LogP contribution < -0.4 is 15.8 Å². The summed E-state index contributed by atoms with van der Waals surface area (Å²) in [6.07, 6.45) is 0. The van der Waals surface area contributed by atoms with E-state index in [1.54, 1.807) is 0 Å². The van der Waals surface area contributed by atoms with Gasteiger partial charge < -0.3 is 15.8 Å². The number of carbonyl (C=O) groups excluding carboxylic acids is 1. The van der Waals surface area contributed by atoms with Crippen LogP contribution in [0.4, 0.5) is 0 Å². The lowest BCUT2D eigenvalue weighted by atomic mass is 10.1. The molecule has 0 aliphatic rings. The van der Waals surface area contributed by atoms with Crippen LogP contribution in [0.2, 0.25) is 0 Å². The van der Waals surface area contributed by atoms with Crippen molar-refractivity contribution in [3.63, 3.8) is 0 Å². The molecule has 108 valence electrons. The number of nitrogens with two attached hydrogens (primary N) is 1. The zero-order valence-electron chi connectivity index (χ0n) is 11.9. The molecule has 1 amide bonds. The molecule has 0 saturated carbocycles. The maximum absolute atomic E-state index is 11.7. The third-order valence-electron chi connectivity index (χ3n) is 2.69. The van der Waals surface area contributed by atoms with Crippen LogP contribution in [0.1, 0.15) is 25.0 Å². The van der Waals surface area contributed by atoms with Gasteiger partial charge >= 0.3 is 0 Å². The van der Waals surface area contributed by atoms with E-state index in [4.69, 9.17) is 10.5 Å². The third kappa shape index (κ3) is 5.94. The highest BCUT2D eigenvalue weighted by Crippen LogP contribution is 2.18. The summed E-state index contributed by atoms with van der Waals surface area (Å²) in [5.41, 5.74) is 7.28. The maximum atomic E-state index is 11.7. The molecule has 0 spiro atoms. The number of hydrogen-bond donors (Lipinski definition) is 2. The monoisotopic (exact) mass is 286 g/mol. The van der Waals surface area contributed by atoms with Gasteiger partial charge in [-0.15, -0.1) is 12.4 Å². The summed E-state index contributed by atoms with van der Waals surface area (Å²) in [5.74, 6) is 0.585. The van der Waals surface area contributed by atoms with Gasteiger partial charge in [-0.25, -0.2) is 0 Å². The van der Waals surface area contributed by atoms with Gasteiger partial charge in [-0.05, 0) is 44.9 Å². The smallest absolute Gasteiger partial charge is 0.258 e. The molecule has 5 heteroatoms. The lowest BCUT2D eigenvalue weighted by molar-refractivity contribution is -0.124. The lowest BCUT2D eigenvalue weighted by Crippen LogP contribution is -2.50. The standard InChI is InChI=1S/C14H22N2O2.ClH/c1-10-5-6-11(2)12(7-10)18-8-13(17)16-14(3,4)9-15;/h5-7H,8-9,15H2,1-4H3,(H,16,17);1H. The first-order valence-corrected chi connectivity index (χ1v) is 6.05. The third-order valence-corrected chi connectivity index (χ3v) is 2.69. The number of halogens is 1. The molecule has 1 aromatic rings. The highest BCUT2D eigenvalue weighted by atomic mass is 35.5. The fourth-order valence-corrected chi connectivity index (χ4v) is 1.47. The van der Waals surface area contributed by atoms with E-state index >= 15 is 0 Å². The Kier molecular flexibility index (Phi) is 6.87. The SMILES string of the molecule is Cc1ccc(C)c(OCC(=O)NC(C)(C)CN)c1.Cl. The van der Waals surface area contributed by atoms with Crippen LogP contribution >= 0.6 is 12.4 Å².